The van der Waals surface area contributed by atoms with Crippen molar-refractivity contribution in [1.29, 1.82) is 5.26 Å². The Morgan fingerprint density at radius 2 is 2.12 bits per heavy atom. The first-order valence-electron chi connectivity index (χ1n) is 6.42. The third kappa shape index (κ3) is 3.43. The van der Waals surface area contributed by atoms with Crippen molar-refractivity contribution in [2.75, 3.05) is 0 Å². The zero-order valence-electron chi connectivity index (χ0n) is 11.3. The monoisotopic (exact) mass is 233 g/mol. The van der Waals surface area contributed by atoms with Crippen LogP contribution in [0.15, 0.2) is 12.2 Å². The van der Waals surface area contributed by atoms with Crippen LogP contribution in [0.1, 0.15) is 52.9 Å². The summed E-state index contributed by atoms with van der Waals surface area (Å²) in [5.74, 6) is 1.37. The molecule has 1 fully saturated rings. The van der Waals surface area contributed by atoms with E-state index >= 15 is 0 Å². The van der Waals surface area contributed by atoms with Crippen LogP contribution in [0.25, 0.3) is 0 Å². The van der Waals surface area contributed by atoms with Crippen molar-refractivity contribution in [2.45, 2.75) is 52.9 Å². The quantitative estimate of drug-likeness (QED) is 0.653. The van der Waals surface area contributed by atoms with Crippen LogP contribution >= 0.6 is 0 Å². The van der Waals surface area contributed by atoms with Gasteiger partial charge in [0.15, 0.2) is 0 Å². The molecular formula is C15H23NO. The Morgan fingerprint density at radius 1 is 1.47 bits per heavy atom. The predicted octanol–water partition coefficient (Wildman–Crippen LogP) is 3.88. The molecule has 0 N–H and O–H groups in total. The van der Waals surface area contributed by atoms with E-state index in [1.165, 1.54) is 5.57 Å². The van der Waals surface area contributed by atoms with Crippen LogP contribution in [0.3, 0.4) is 0 Å². The summed E-state index contributed by atoms with van der Waals surface area (Å²) in [4.78, 5) is 11.1. The third-order valence-electron chi connectivity index (χ3n) is 4.13. The molecular weight excluding hydrogens is 210 g/mol. The normalized spacial score (nSPS) is 25.8. The SMILES string of the molecule is C=C(CCC#N)[C@@H]1CC(C)(C)[C@H]1CCC(C)=O. The van der Waals surface area contributed by atoms with Crippen LogP contribution in [0, 0.1) is 28.6 Å². The number of nitriles is 1. The number of hydrogen-bond donors (Lipinski definition) is 0. The molecule has 0 heterocycles. The Morgan fingerprint density at radius 3 is 2.59 bits per heavy atom. The van der Waals surface area contributed by atoms with Crippen molar-refractivity contribution in [3.63, 3.8) is 0 Å². The Bertz CT molecular complexity index is 348. The maximum absolute atomic E-state index is 11.1. The van der Waals surface area contributed by atoms with Crippen molar-refractivity contribution in [3.8, 4) is 6.07 Å². The second-order valence-electron chi connectivity index (χ2n) is 5.96. The largest absolute Gasteiger partial charge is 0.300 e. The molecule has 0 saturated heterocycles. The molecule has 0 amide bonds. The van der Waals surface area contributed by atoms with Gasteiger partial charge in [0, 0.05) is 12.8 Å². The Balaban J connectivity index is 2.54. The molecule has 0 radical (unpaired) electrons. The highest BCUT2D eigenvalue weighted by Gasteiger charge is 2.47. The lowest BCUT2D eigenvalue weighted by atomic mass is 9.52. The predicted molar refractivity (Wildman–Crippen MR) is 69.3 cm³/mol. The van der Waals surface area contributed by atoms with Crippen molar-refractivity contribution in [1.82, 2.24) is 0 Å². The smallest absolute Gasteiger partial charge is 0.129 e. The fourth-order valence-corrected chi connectivity index (χ4v) is 3.03. The Labute approximate surface area is 105 Å². The first-order chi connectivity index (χ1) is 7.88. The highest BCUT2D eigenvalue weighted by atomic mass is 16.1. The minimum atomic E-state index is 0.272. The topological polar surface area (TPSA) is 40.9 Å². The summed E-state index contributed by atoms with van der Waals surface area (Å²) in [7, 11) is 0. The van der Waals surface area contributed by atoms with Gasteiger partial charge in [-0.05, 0) is 43.4 Å². The van der Waals surface area contributed by atoms with Crippen LogP contribution in [0.2, 0.25) is 0 Å². The minimum Gasteiger partial charge on any atom is -0.300 e. The van der Waals surface area contributed by atoms with E-state index in [1.54, 1.807) is 6.92 Å². The number of carbonyl (C=O) groups is 1. The molecule has 1 aliphatic carbocycles. The van der Waals surface area contributed by atoms with E-state index in [4.69, 9.17) is 5.26 Å². The number of rotatable bonds is 6. The van der Waals surface area contributed by atoms with E-state index in [1.807, 2.05) is 0 Å². The van der Waals surface area contributed by atoms with Gasteiger partial charge in [-0.25, -0.2) is 0 Å². The number of hydrogen-bond acceptors (Lipinski definition) is 2. The standard InChI is InChI=1S/C15H23NO/c1-11(6-5-9-16)13-10-15(3,4)14(13)8-7-12(2)17/h13-14H,1,5-8,10H2,2-4H3/t13-,14-/m0/s1. The molecule has 94 valence electrons. The van der Waals surface area contributed by atoms with Gasteiger partial charge in [0.1, 0.15) is 5.78 Å². The summed E-state index contributed by atoms with van der Waals surface area (Å²) < 4.78 is 0. The van der Waals surface area contributed by atoms with E-state index in [9.17, 15) is 4.79 Å². The Hall–Kier alpha value is -1.10. The lowest BCUT2D eigenvalue weighted by molar-refractivity contribution is -0.118. The van der Waals surface area contributed by atoms with Crippen LogP contribution in [-0.2, 0) is 4.79 Å². The van der Waals surface area contributed by atoms with Crippen LogP contribution in [0.4, 0.5) is 0 Å². The number of ketones is 1. The molecule has 0 aromatic rings. The molecule has 0 aliphatic heterocycles. The molecule has 1 saturated carbocycles. The van der Waals surface area contributed by atoms with Gasteiger partial charge < -0.3 is 4.79 Å². The molecule has 0 aromatic heterocycles. The van der Waals surface area contributed by atoms with Crippen molar-refractivity contribution < 1.29 is 4.79 Å². The van der Waals surface area contributed by atoms with E-state index in [0.717, 1.165) is 19.3 Å². The summed E-state index contributed by atoms with van der Waals surface area (Å²) in [6.07, 6.45) is 4.18. The lowest BCUT2D eigenvalue weighted by Gasteiger charge is -2.53. The molecule has 2 heteroatoms. The van der Waals surface area contributed by atoms with Gasteiger partial charge in [-0.1, -0.05) is 26.0 Å². The van der Waals surface area contributed by atoms with E-state index in [-0.39, 0.29) is 5.78 Å². The van der Waals surface area contributed by atoms with E-state index < -0.39 is 0 Å². The first kappa shape index (κ1) is 14.0. The summed E-state index contributed by atoms with van der Waals surface area (Å²) in [6.45, 7) is 10.3. The van der Waals surface area contributed by atoms with Crippen LogP contribution in [0.5, 0.6) is 0 Å². The first-order valence-corrected chi connectivity index (χ1v) is 6.42. The van der Waals surface area contributed by atoms with E-state index in [0.29, 0.717) is 30.1 Å². The van der Waals surface area contributed by atoms with Gasteiger partial charge in [-0.3, -0.25) is 0 Å². The van der Waals surface area contributed by atoms with Crippen molar-refractivity contribution >= 4 is 5.78 Å². The number of carbonyl (C=O) groups excluding carboxylic acids is 1. The maximum Gasteiger partial charge on any atom is 0.129 e. The zero-order chi connectivity index (χ0) is 13.1. The average molecular weight is 233 g/mol. The van der Waals surface area contributed by atoms with E-state index in [2.05, 4.69) is 26.5 Å². The molecule has 2 nitrogen and oxygen atoms in total. The van der Waals surface area contributed by atoms with Gasteiger partial charge in [0.2, 0.25) is 0 Å². The van der Waals surface area contributed by atoms with Gasteiger partial charge >= 0.3 is 0 Å². The molecule has 1 rings (SSSR count). The summed E-state index contributed by atoms with van der Waals surface area (Å²) in [6, 6.07) is 2.17. The number of Topliss-reactive ketones (excluding diaryl/α,β-unsaturated/α-hetero) is 1. The highest BCUT2D eigenvalue weighted by Crippen LogP contribution is 2.55. The van der Waals surface area contributed by atoms with Crippen molar-refractivity contribution in [3.05, 3.63) is 12.2 Å². The molecule has 1 aliphatic rings. The van der Waals surface area contributed by atoms with Gasteiger partial charge in [-0.2, -0.15) is 5.26 Å². The summed E-state index contributed by atoms with van der Waals surface area (Å²) >= 11 is 0. The maximum atomic E-state index is 11.1. The zero-order valence-corrected chi connectivity index (χ0v) is 11.3. The average Bonchev–Trinajstić information content (AvgIpc) is 2.22. The number of allylic oxidation sites excluding steroid dienone is 1. The molecule has 0 unspecified atom stereocenters. The van der Waals surface area contributed by atoms with Gasteiger partial charge in [-0.15, -0.1) is 0 Å². The second-order valence-corrected chi connectivity index (χ2v) is 5.96. The lowest BCUT2D eigenvalue weighted by Crippen LogP contribution is -2.44. The molecule has 0 spiro atoms. The van der Waals surface area contributed by atoms with Gasteiger partial charge in [0.25, 0.3) is 0 Å². The number of nitrogens with zero attached hydrogens (tertiary/aromatic N) is 1. The van der Waals surface area contributed by atoms with Crippen LogP contribution in [-0.4, -0.2) is 5.78 Å². The van der Waals surface area contributed by atoms with Crippen molar-refractivity contribution in [2.24, 2.45) is 17.3 Å². The molecule has 2 atom stereocenters. The molecule has 0 bridgehead atoms. The van der Waals surface area contributed by atoms with Gasteiger partial charge in [0.05, 0.1) is 6.07 Å². The highest BCUT2D eigenvalue weighted by molar-refractivity contribution is 5.75. The van der Waals surface area contributed by atoms with Crippen LogP contribution < -0.4 is 0 Å². The third-order valence-corrected chi connectivity index (χ3v) is 4.13. The minimum absolute atomic E-state index is 0.272. The fourth-order valence-electron chi connectivity index (χ4n) is 3.03. The fraction of sp³-hybridized carbons (Fsp3) is 0.733. The second kappa shape index (κ2) is 5.49. The summed E-state index contributed by atoms with van der Waals surface area (Å²) in [5.41, 5.74) is 1.54. The molecule has 0 aromatic carbocycles. The molecule has 17 heavy (non-hydrogen) atoms. The summed E-state index contributed by atoms with van der Waals surface area (Å²) in [5, 5.41) is 8.60. The Kier molecular flexibility index (Phi) is 4.51.